The summed E-state index contributed by atoms with van der Waals surface area (Å²) in [6.45, 7) is 10.7. The fourth-order valence-corrected chi connectivity index (χ4v) is 4.25. The summed E-state index contributed by atoms with van der Waals surface area (Å²) in [7, 11) is 1.72. The summed E-state index contributed by atoms with van der Waals surface area (Å²) in [5.74, 6) is 1.74. The second-order valence-electron chi connectivity index (χ2n) is 8.04. The number of nitrogens with zero attached hydrogens (tertiary/aromatic N) is 3. The minimum absolute atomic E-state index is 0.165. The Kier molecular flexibility index (Phi) is 9.95. The van der Waals surface area contributed by atoms with E-state index < -0.39 is 0 Å². The van der Waals surface area contributed by atoms with E-state index in [-0.39, 0.29) is 5.91 Å². The van der Waals surface area contributed by atoms with Crippen LogP contribution in [0.25, 0.3) is 0 Å². The quantitative estimate of drug-likeness (QED) is 0.502. The first kappa shape index (κ1) is 22.0. The van der Waals surface area contributed by atoms with Gasteiger partial charge in [0.05, 0.1) is 6.54 Å². The molecule has 6 nitrogen and oxygen atoms in total. The lowest BCUT2D eigenvalue weighted by molar-refractivity contribution is -0.121. The van der Waals surface area contributed by atoms with Crippen molar-refractivity contribution in [3.8, 4) is 0 Å². The fraction of sp³-hybridized carbons (Fsp3) is 0.905. The highest BCUT2D eigenvalue weighted by atomic mass is 16.1. The van der Waals surface area contributed by atoms with Crippen molar-refractivity contribution in [2.75, 3.05) is 46.3 Å². The summed E-state index contributed by atoms with van der Waals surface area (Å²) in [5.41, 5.74) is 0. The summed E-state index contributed by atoms with van der Waals surface area (Å²) >= 11 is 0. The normalized spacial score (nSPS) is 22.7. The van der Waals surface area contributed by atoms with Crippen LogP contribution in [0.5, 0.6) is 0 Å². The number of aliphatic imine (C=N–C) groups is 1. The molecule has 27 heavy (non-hydrogen) atoms. The van der Waals surface area contributed by atoms with Crippen molar-refractivity contribution in [1.29, 1.82) is 0 Å². The average molecular weight is 380 g/mol. The number of unbranched alkanes of at least 4 members (excludes halogenated alkanes) is 1. The third kappa shape index (κ3) is 7.32. The van der Waals surface area contributed by atoms with Gasteiger partial charge in [-0.05, 0) is 58.0 Å². The highest BCUT2D eigenvalue weighted by Gasteiger charge is 2.25. The van der Waals surface area contributed by atoms with Crippen LogP contribution in [0, 0.1) is 5.92 Å². The van der Waals surface area contributed by atoms with Gasteiger partial charge in [-0.15, -0.1) is 0 Å². The predicted molar refractivity (Wildman–Crippen MR) is 113 cm³/mol. The first-order chi connectivity index (χ1) is 13.2. The van der Waals surface area contributed by atoms with Crippen LogP contribution in [-0.2, 0) is 4.79 Å². The van der Waals surface area contributed by atoms with E-state index in [1.54, 1.807) is 7.05 Å². The molecule has 1 atom stereocenters. The van der Waals surface area contributed by atoms with E-state index in [1.165, 1.54) is 45.2 Å². The Balaban J connectivity index is 1.89. The molecule has 0 aliphatic carbocycles. The molecule has 2 saturated heterocycles. The van der Waals surface area contributed by atoms with Gasteiger partial charge in [-0.25, -0.2) is 0 Å². The number of amides is 1. The van der Waals surface area contributed by atoms with Gasteiger partial charge >= 0.3 is 0 Å². The zero-order chi connectivity index (χ0) is 19.5. The standard InChI is InChI=1S/C21H41N5O/c1-4-6-12-25-13-8-7-9-19(25)17-24-21(23-5-2)26-14-10-18(11-15-26)16-20(27)22-3/h18-19H,4-17H2,1-3H3,(H,22,27)(H,23,24). The second-order valence-corrected chi connectivity index (χ2v) is 8.04. The lowest BCUT2D eigenvalue weighted by Gasteiger charge is -2.36. The molecule has 0 aromatic carbocycles. The van der Waals surface area contributed by atoms with E-state index in [0.29, 0.717) is 18.4 Å². The molecule has 0 radical (unpaired) electrons. The lowest BCUT2D eigenvalue weighted by atomic mass is 9.93. The number of hydrogen-bond acceptors (Lipinski definition) is 3. The molecule has 156 valence electrons. The van der Waals surface area contributed by atoms with Crippen LogP contribution in [-0.4, -0.2) is 74.0 Å². The Bertz CT molecular complexity index is 459. The third-order valence-corrected chi connectivity index (χ3v) is 6.00. The first-order valence-electron chi connectivity index (χ1n) is 11.2. The second kappa shape index (κ2) is 12.2. The molecule has 6 heteroatoms. The zero-order valence-corrected chi connectivity index (χ0v) is 17.8. The summed E-state index contributed by atoms with van der Waals surface area (Å²) < 4.78 is 0. The van der Waals surface area contributed by atoms with E-state index in [4.69, 9.17) is 4.99 Å². The molecule has 2 N–H and O–H groups in total. The smallest absolute Gasteiger partial charge is 0.220 e. The number of nitrogens with one attached hydrogen (secondary N) is 2. The minimum atomic E-state index is 0.165. The van der Waals surface area contributed by atoms with Gasteiger partial charge in [0.25, 0.3) is 0 Å². The first-order valence-corrected chi connectivity index (χ1v) is 11.2. The van der Waals surface area contributed by atoms with Gasteiger partial charge in [0.15, 0.2) is 5.96 Å². The Morgan fingerprint density at radius 1 is 1.11 bits per heavy atom. The Morgan fingerprint density at radius 2 is 1.89 bits per heavy atom. The van der Waals surface area contributed by atoms with Crippen molar-refractivity contribution in [2.24, 2.45) is 10.9 Å². The number of guanidine groups is 1. The van der Waals surface area contributed by atoms with Gasteiger partial charge < -0.3 is 15.5 Å². The molecule has 0 bridgehead atoms. The molecule has 2 heterocycles. The van der Waals surface area contributed by atoms with Crippen LogP contribution in [0.1, 0.15) is 65.2 Å². The molecular weight excluding hydrogens is 338 g/mol. The van der Waals surface area contributed by atoms with E-state index in [2.05, 4.69) is 34.3 Å². The molecule has 0 aromatic heterocycles. The summed E-state index contributed by atoms with van der Waals surface area (Å²) in [4.78, 5) is 21.7. The largest absolute Gasteiger partial charge is 0.359 e. The SMILES string of the molecule is CCCCN1CCCCC1CN=C(NCC)N1CCC(CC(=O)NC)CC1. The molecule has 2 aliphatic heterocycles. The molecule has 2 aliphatic rings. The zero-order valence-electron chi connectivity index (χ0n) is 17.8. The van der Waals surface area contributed by atoms with E-state index >= 15 is 0 Å². The van der Waals surface area contributed by atoms with Crippen LogP contribution < -0.4 is 10.6 Å². The number of likely N-dealkylation sites (tertiary alicyclic amines) is 2. The lowest BCUT2D eigenvalue weighted by Crippen LogP contribution is -2.47. The highest BCUT2D eigenvalue weighted by molar-refractivity contribution is 5.80. The van der Waals surface area contributed by atoms with Crippen LogP contribution in [0.2, 0.25) is 0 Å². The Hall–Kier alpha value is -1.30. The maximum absolute atomic E-state index is 11.6. The van der Waals surface area contributed by atoms with Crippen LogP contribution in [0.15, 0.2) is 4.99 Å². The molecule has 0 saturated carbocycles. The maximum Gasteiger partial charge on any atom is 0.220 e. The minimum Gasteiger partial charge on any atom is -0.359 e. The Labute approximate surface area is 166 Å². The summed E-state index contributed by atoms with van der Waals surface area (Å²) in [6.07, 6.45) is 9.31. The van der Waals surface area contributed by atoms with Gasteiger partial charge in [0, 0.05) is 39.1 Å². The molecule has 1 amide bonds. The highest BCUT2D eigenvalue weighted by Crippen LogP contribution is 2.21. The van der Waals surface area contributed by atoms with Crippen molar-refractivity contribution in [3.63, 3.8) is 0 Å². The number of hydrogen-bond donors (Lipinski definition) is 2. The van der Waals surface area contributed by atoms with Crippen LogP contribution >= 0.6 is 0 Å². The van der Waals surface area contributed by atoms with Gasteiger partial charge in [-0.3, -0.25) is 14.7 Å². The van der Waals surface area contributed by atoms with Gasteiger partial charge in [0.2, 0.25) is 5.91 Å². The Morgan fingerprint density at radius 3 is 2.56 bits per heavy atom. The van der Waals surface area contributed by atoms with Gasteiger partial charge in [-0.2, -0.15) is 0 Å². The molecule has 0 aromatic rings. The number of piperidine rings is 2. The van der Waals surface area contributed by atoms with Crippen LogP contribution in [0.3, 0.4) is 0 Å². The van der Waals surface area contributed by atoms with Crippen LogP contribution in [0.4, 0.5) is 0 Å². The molecule has 1 unspecified atom stereocenters. The summed E-state index contributed by atoms with van der Waals surface area (Å²) in [5, 5.41) is 6.24. The average Bonchev–Trinajstić information content (AvgIpc) is 2.70. The van der Waals surface area contributed by atoms with Gasteiger partial charge in [0.1, 0.15) is 0 Å². The number of carbonyl (C=O) groups is 1. The third-order valence-electron chi connectivity index (χ3n) is 6.00. The van der Waals surface area contributed by atoms with E-state index in [0.717, 1.165) is 45.0 Å². The molecule has 0 spiro atoms. The predicted octanol–water partition coefficient (Wildman–Crippen LogP) is 2.45. The van der Waals surface area contributed by atoms with Crippen molar-refractivity contribution in [3.05, 3.63) is 0 Å². The fourth-order valence-electron chi connectivity index (χ4n) is 4.25. The van der Waals surface area contributed by atoms with Crippen molar-refractivity contribution >= 4 is 11.9 Å². The molecule has 2 fully saturated rings. The maximum atomic E-state index is 11.6. The molecular formula is C21H41N5O. The van der Waals surface area contributed by atoms with Crippen molar-refractivity contribution < 1.29 is 4.79 Å². The monoisotopic (exact) mass is 379 g/mol. The van der Waals surface area contributed by atoms with Crippen molar-refractivity contribution in [1.82, 2.24) is 20.4 Å². The van der Waals surface area contributed by atoms with E-state index in [1.807, 2.05) is 0 Å². The topological polar surface area (TPSA) is 60.0 Å². The number of carbonyl (C=O) groups excluding carboxylic acids is 1. The van der Waals surface area contributed by atoms with Gasteiger partial charge in [-0.1, -0.05) is 19.8 Å². The molecule has 2 rings (SSSR count). The van der Waals surface area contributed by atoms with Crippen molar-refractivity contribution in [2.45, 2.75) is 71.3 Å². The van der Waals surface area contributed by atoms with E-state index in [9.17, 15) is 4.79 Å². The summed E-state index contributed by atoms with van der Waals surface area (Å²) in [6, 6.07) is 0.602. The number of rotatable bonds is 8.